The Morgan fingerprint density at radius 2 is 2.06 bits per heavy atom. The average Bonchev–Trinajstić information content (AvgIpc) is 2.38. The summed E-state index contributed by atoms with van der Waals surface area (Å²) in [5.41, 5.74) is 0.948. The fourth-order valence-corrected chi connectivity index (χ4v) is 2.28. The lowest BCUT2D eigenvalue weighted by Crippen LogP contribution is -2.23. The first-order chi connectivity index (χ1) is 8.54. The minimum atomic E-state index is -3.71. The van der Waals surface area contributed by atoms with Crippen LogP contribution in [0.3, 0.4) is 0 Å². The molecule has 0 bridgehead atoms. The number of fused-ring (bicyclic) bond motifs is 1. The van der Waals surface area contributed by atoms with Crippen molar-refractivity contribution in [3.8, 4) is 6.07 Å². The lowest BCUT2D eigenvalue weighted by atomic mass is 10.2. The minimum absolute atomic E-state index is 0.384. The molecule has 1 unspecified atom stereocenters. The largest absolute Gasteiger partial charge is 0.280 e. The Labute approximate surface area is 105 Å². The molecule has 2 aromatic rings. The number of nitrogens with one attached hydrogen (secondary N) is 1. The molecule has 5 nitrogen and oxygen atoms in total. The van der Waals surface area contributed by atoms with Crippen molar-refractivity contribution in [2.45, 2.75) is 12.2 Å². The van der Waals surface area contributed by atoms with Crippen LogP contribution in [0.1, 0.15) is 6.92 Å². The average molecular weight is 261 g/mol. The molecule has 0 fully saturated rings. The summed E-state index contributed by atoms with van der Waals surface area (Å²) in [5, 5.41) is 8.40. The molecular weight excluding hydrogens is 250 g/mol. The monoisotopic (exact) mass is 261 g/mol. The Kier molecular flexibility index (Phi) is 3.17. The normalized spacial score (nSPS) is 12.9. The molecule has 0 spiro atoms. The quantitative estimate of drug-likeness (QED) is 0.914. The van der Waals surface area contributed by atoms with E-state index in [0.717, 1.165) is 5.39 Å². The van der Waals surface area contributed by atoms with Crippen molar-refractivity contribution >= 4 is 26.6 Å². The van der Waals surface area contributed by atoms with Gasteiger partial charge in [0.2, 0.25) is 10.0 Å². The molecule has 1 N–H and O–H groups in total. The van der Waals surface area contributed by atoms with E-state index in [9.17, 15) is 8.42 Å². The van der Waals surface area contributed by atoms with Crippen LogP contribution in [0.25, 0.3) is 10.9 Å². The van der Waals surface area contributed by atoms with E-state index in [0.29, 0.717) is 11.2 Å². The van der Waals surface area contributed by atoms with Crippen molar-refractivity contribution < 1.29 is 8.42 Å². The molecule has 0 aliphatic heterocycles. The van der Waals surface area contributed by atoms with E-state index >= 15 is 0 Å². The molecule has 1 aromatic carbocycles. The maximum absolute atomic E-state index is 11.8. The summed E-state index contributed by atoms with van der Waals surface area (Å²) in [6.07, 6.45) is 1.59. The van der Waals surface area contributed by atoms with Gasteiger partial charge in [0, 0.05) is 11.6 Å². The number of rotatable bonds is 3. The molecule has 2 rings (SSSR count). The highest BCUT2D eigenvalue weighted by molar-refractivity contribution is 7.93. The molecule has 18 heavy (non-hydrogen) atoms. The van der Waals surface area contributed by atoms with Crippen molar-refractivity contribution in [2.24, 2.45) is 0 Å². The van der Waals surface area contributed by atoms with E-state index in [1.165, 1.54) is 6.92 Å². The summed E-state index contributed by atoms with van der Waals surface area (Å²) in [7, 11) is -3.71. The number of hydrogen-bond donors (Lipinski definition) is 1. The second kappa shape index (κ2) is 4.63. The van der Waals surface area contributed by atoms with Gasteiger partial charge >= 0.3 is 0 Å². The van der Waals surface area contributed by atoms with Crippen molar-refractivity contribution in [1.82, 2.24) is 4.98 Å². The highest BCUT2D eigenvalue weighted by Crippen LogP contribution is 2.22. The molecule has 0 aliphatic rings. The summed E-state index contributed by atoms with van der Waals surface area (Å²) < 4.78 is 26.0. The standard InChI is InChI=1S/C12H11N3O2S/c1-9(8-13)18(16,17)15-11-6-2-4-10-5-3-7-14-12(10)11/h2-7,9,15H,1H3. The number of benzene rings is 1. The Balaban J connectivity index is 2.48. The SMILES string of the molecule is CC(C#N)S(=O)(=O)Nc1cccc2cccnc12. The van der Waals surface area contributed by atoms with Gasteiger partial charge < -0.3 is 0 Å². The molecule has 0 saturated heterocycles. The van der Waals surface area contributed by atoms with Gasteiger partial charge in [0.1, 0.15) is 0 Å². The highest BCUT2D eigenvalue weighted by Gasteiger charge is 2.20. The van der Waals surface area contributed by atoms with Crippen LogP contribution in [0.5, 0.6) is 0 Å². The van der Waals surface area contributed by atoms with Crippen LogP contribution in [0.2, 0.25) is 0 Å². The van der Waals surface area contributed by atoms with Crippen LogP contribution in [0.4, 0.5) is 5.69 Å². The number of sulfonamides is 1. The van der Waals surface area contributed by atoms with Gasteiger partial charge in [-0.1, -0.05) is 18.2 Å². The van der Waals surface area contributed by atoms with E-state index in [4.69, 9.17) is 5.26 Å². The Bertz CT molecular complexity index is 714. The number of pyridine rings is 1. The zero-order valence-electron chi connectivity index (χ0n) is 9.66. The van der Waals surface area contributed by atoms with E-state index in [1.807, 2.05) is 12.1 Å². The first-order valence-corrected chi connectivity index (χ1v) is 6.84. The third kappa shape index (κ3) is 2.26. The molecule has 1 atom stereocenters. The second-order valence-corrected chi connectivity index (χ2v) is 5.80. The molecule has 92 valence electrons. The van der Waals surface area contributed by atoms with E-state index < -0.39 is 15.3 Å². The fraction of sp³-hybridized carbons (Fsp3) is 0.167. The van der Waals surface area contributed by atoms with Gasteiger partial charge in [-0.3, -0.25) is 9.71 Å². The van der Waals surface area contributed by atoms with Gasteiger partial charge in [0.05, 0.1) is 17.3 Å². The number of aromatic nitrogens is 1. The first kappa shape index (κ1) is 12.3. The lowest BCUT2D eigenvalue weighted by molar-refractivity contribution is 0.597. The van der Waals surface area contributed by atoms with Crippen molar-refractivity contribution in [3.05, 3.63) is 36.5 Å². The number of anilines is 1. The van der Waals surface area contributed by atoms with Gasteiger partial charge in [0.25, 0.3) is 0 Å². The van der Waals surface area contributed by atoms with Gasteiger partial charge in [-0.05, 0) is 19.1 Å². The molecular formula is C12H11N3O2S. The number of para-hydroxylation sites is 1. The van der Waals surface area contributed by atoms with Crippen LogP contribution in [-0.2, 0) is 10.0 Å². The summed E-state index contributed by atoms with van der Waals surface area (Å²) in [6, 6.07) is 10.5. The summed E-state index contributed by atoms with van der Waals surface area (Å²) in [4.78, 5) is 4.14. The van der Waals surface area contributed by atoms with Crippen molar-refractivity contribution in [3.63, 3.8) is 0 Å². The van der Waals surface area contributed by atoms with E-state index in [1.54, 1.807) is 30.5 Å². The predicted octanol–water partition coefficient (Wildman–Crippen LogP) is 1.89. The number of nitrogens with zero attached hydrogens (tertiary/aromatic N) is 2. The molecule has 1 aromatic heterocycles. The molecule has 0 radical (unpaired) electrons. The zero-order valence-corrected chi connectivity index (χ0v) is 10.5. The molecule has 0 aliphatic carbocycles. The zero-order chi connectivity index (χ0) is 13.2. The first-order valence-electron chi connectivity index (χ1n) is 5.29. The third-order valence-electron chi connectivity index (χ3n) is 2.53. The summed E-state index contributed by atoms with van der Waals surface area (Å²) in [6.45, 7) is 1.33. The van der Waals surface area contributed by atoms with Crippen LogP contribution < -0.4 is 4.72 Å². The minimum Gasteiger partial charge on any atom is -0.280 e. The Morgan fingerprint density at radius 3 is 2.78 bits per heavy atom. The Hall–Kier alpha value is -2.13. The Morgan fingerprint density at radius 1 is 1.33 bits per heavy atom. The highest BCUT2D eigenvalue weighted by atomic mass is 32.2. The van der Waals surface area contributed by atoms with Crippen molar-refractivity contribution in [1.29, 1.82) is 5.26 Å². The molecule has 0 amide bonds. The topological polar surface area (TPSA) is 82.8 Å². The fourth-order valence-electron chi connectivity index (χ4n) is 1.50. The van der Waals surface area contributed by atoms with Crippen LogP contribution in [0.15, 0.2) is 36.5 Å². The van der Waals surface area contributed by atoms with E-state index in [2.05, 4.69) is 9.71 Å². The van der Waals surface area contributed by atoms with Gasteiger partial charge in [0.15, 0.2) is 5.25 Å². The van der Waals surface area contributed by atoms with Gasteiger partial charge in [-0.2, -0.15) is 5.26 Å². The van der Waals surface area contributed by atoms with Crippen LogP contribution in [-0.4, -0.2) is 18.7 Å². The van der Waals surface area contributed by atoms with Gasteiger partial charge in [-0.25, -0.2) is 8.42 Å². The maximum atomic E-state index is 11.8. The summed E-state index contributed by atoms with van der Waals surface area (Å²) >= 11 is 0. The number of nitriles is 1. The summed E-state index contributed by atoms with van der Waals surface area (Å²) in [5.74, 6) is 0. The molecule has 1 heterocycles. The van der Waals surface area contributed by atoms with Crippen molar-refractivity contribution in [2.75, 3.05) is 4.72 Å². The maximum Gasteiger partial charge on any atom is 0.248 e. The third-order valence-corrected chi connectivity index (χ3v) is 4.07. The van der Waals surface area contributed by atoms with Gasteiger partial charge in [-0.15, -0.1) is 0 Å². The predicted molar refractivity (Wildman–Crippen MR) is 69.4 cm³/mol. The molecule has 6 heteroatoms. The molecule has 0 saturated carbocycles. The number of hydrogen-bond acceptors (Lipinski definition) is 4. The second-order valence-electron chi connectivity index (χ2n) is 3.80. The van der Waals surface area contributed by atoms with Crippen LogP contribution in [0, 0.1) is 11.3 Å². The van der Waals surface area contributed by atoms with Crippen LogP contribution >= 0.6 is 0 Å². The smallest absolute Gasteiger partial charge is 0.248 e. The lowest BCUT2D eigenvalue weighted by Gasteiger charge is -2.10. The van der Waals surface area contributed by atoms with E-state index in [-0.39, 0.29) is 0 Å².